The number of carbonyl (C=O) groups excluding carboxylic acids is 3. The van der Waals surface area contributed by atoms with Gasteiger partial charge in [0.05, 0.1) is 17.8 Å². The minimum Gasteiger partial charge on any atom is -0.391 e. The molecule has 2 aliphatic carbocycles. The maximum absolute atomic E-state index is 13.0. The first-order valence-corrected chi connectivity index (χ1v) is 11.7. The van der Waals surface area contributed by atoms with Crippen molar-refractivity contribution in [1.82, 2.24) is 14.9 Å². The molecule has 0 aromatic heterocycles. The van der Waals surface area contributed by atoms with Crippen LogP contribution in [0.4, 0.5) is 0 Å². The van der Waals surface area contributed by atoms with E-state index < -0.39 is 56.1 Å². The summed E-state index contributed by atoms with van der Waals surface area (Å²) < 4.78 is 26.4. The summed E-state index contributed by atoms with van der Waals surface area (Å²) in [5, 5.41) is 12.1. The maximum atomic E-state index is 13.0. The molecular formula is C20H30N3O6S. The van der Waals surface area contributed by atoms with E-state index in [0.717, 1.165) is 0 Å². The van der Waals surface area contributed by atoms with Gasteiger partial charge in [0.15, 0.2) is 0 Å². The van der Waals surface area contributed by atoms with Crippen molar-refractivity contribution in [2.75, 3.05) is 6.54 Å². The normalized spacial score (nSPS) is 31.2. The summed E-state index contributed by atoms with van der Waals surface area (Å²) in [7, 11) is -3.76. The highest BCUT2D eigenvalue weighted by Crippen LogP contribution is 2.45. The molecule has 2 saturated carbocycles. The predicted molar refractivity (Wildman–Crippen MR) is 109 cm³/mol. The van der Waals surface area contributed by atoms with Gasteiger partial charge in [0, 0.05) is 18.9 Å². The zero-order chi connectivity index (χ0) is 22.5. The second-order valence-corrected chi connectivity index (χ2v) is 11.5. The number of likely N-dealkylation sites (tertiary alicyclic amines) is 1. The lowest BCUT2D eigenvalue weighted by molar-refractivity contribution is -0.138. The number of aliphatic hydroxyl groups is 1. The molecule has 4 unspecified atom stereocenters. The van der Waals surface area contributed by atoms with Crippen LogP contribution in [0.2, 0.25) is 0 Å². The van der Waals surface area contributed by atoms with Gasteiger partial charge in [-0.3, -0.25) is 19.1 Å². The second-order valence-electron chi connectivity index (χ2n) is 9.59. The molecule has 1 aliphatic heterocycles. The molecule has 9 nitrogen and oxygen atoms in total. The van der Waals surface area contributed by atoms with Crippen LogP contribution >= 0.6 is 0 Å². The van der Waals surface area contributed by atoms with E-state index >= 15 is 0 Å². The van der Waals surface area contributed by atoms with Crippen LogP contribution < -0.4 is 10.0 Å². The average Bonchev–Trinajstić information content (AvgIpc) is 3.50. The van der Waals surface area contributed by atoms with E-state index in [1.165, 1.54) is 17.4 Å². The van der Waals surface area contributed by atoms with Crippen molar-refractivity contribution < 1.29 is 27.9 Å². The van der Waals surface area contributed by atoms with E-state index in [1.807, 2.05) is 20.8 Å². The van der Waals surface area contributed by atoms with Crippen molar-refractivity contribution in [1.29, 1.82) is 0 Å². The monoisotopic (exact) mass is 440 g/mol. The van der Waals surface area contributed by atoms with Crippen molar-refractivity contribution in [3.8, 4) is 0 Å². The van der Waals surface area contributed by atoms with Crippen LogP contribution in [-0.2, 0) is 24.4 Å². The molecule has 0 bridgehead atoms. The summed E-state index contributed by atoms with van der Waals surface area (Å²) in [5.74, 6) is -2.16. The highest BCUT2D eigenvalue weighted by Gasteiger charge is 2.61. The molecule has 3 fully saturated rings. The minimum absolute atomic E-state index is 0.0175. The Hall–Kier alpha value is -1.94. The molecular weight excluding hydrogens is 410 g/mol. The van der Waals surface area contributed by atoms with Gasteiger partial charge in [-0.2, -0.15) is 0 Å². The Balaban J connectivity index is 1.73. The quantitative estimate of drug-likeness (QED) is 0.472. The summed E-state index contributed by atoms with van der Waals surface area (Å²) in [4.78, 5) is 39.7. The number of aliphatic hydroxyl groups excluding tert-OH is 1. The van der Waals surface area contributed by atoms with Crippen LogP contribution in [0.5, 0.6) is 0 Å². The van der Waals surface area contributed by atoms with E-state index in [4.69, 9.17) is 0 Å². The molecule has 1 radical (unpaired) electrons. The van der Waals surface area contributed by atoms with Gasteiger partial charge in [0.25, 0.3) is 5.91 Å². The van der Waals surface area contributed by atoms with Gasteiger partial charge >= 0.3 is 0 Å². The second kappa shape index (κ2) is 7.64. The third kappa shape index (κ3) is 4.69. The Morgan fingerprint density at radius 3 is 2.37 bits per heavy atom. The van der Waals surface area contributed by atoms with Crippen molar-refractivity contribution in [3.05, 3.63) is 19.1 Å². The molecule has 0 spiro atoms. The Morgan fingerprint density at radius 1 is 1.23 bits per heavy atom. The predicted octanol–water partition coefficient (Wildman–Crippen LogP) is -0.132. The molecule has 1 heterocycles. The van der Waals surface area contributed by atoms with E-state index in [0.29, 0.717) is 12.8 Å². The Kier molecular flexibility index (Phi) is 5.79. The zero-order valence-corrected chi connectivity index (χ0v) is 18.4. The third-order valence-corrected chi connectivity index (χ3v) is 7.49. The van der Waals surface area contributed by atoms with Crippen LogP contribution in [0.15, 0.2) is 12.7 Å². The molecule has 167 valence electrons. The topological polar surface area (TPSA) is 133 Å². The Morgan fingerprint density at radius 2 is 1.87 bits per heavy atom. The summed E-state index contributed by atoms with van der Waals surface area (Å²) in [6.07, 6.45) is 3.43. The number of amides is 3. The number of hydrogen-bond donors (Lipinski definition) is 3. The first-order chi connectivity index (χ1) is 13.8. The van der Waals surface area contributed by atoms with Crippen molar-refractivity contribution in [3.63, 3.8) is 0 Å². The first kappa shape index (κ1) is 22.7. The lowest BCUT2D eigenvalue weighted by atomic mass is 9.91. The highest BCUT2D eigenvalue weighted by atomic mass is 32.2. The van der Waals surface area contributed by atoms with Crippen LogP contribution in [0, 0.1) is 17.8 Å². The Bertz CT molecular complexity index is 860. The lowest BCUT2D eigenvalue weighted by Gasteiger charge is -2.28. The summed E-state index contributed by atoms with van der Waals surface area (Å²) in [6, 6.07) is -0.943. The average molecular weight is 441 g/mol. The number of nitrogens with zero attached hydrogens (tertiary/aromatic N) is 1. The van der Waals surface area contributed by atoms with Crippen LogP contribution in [0.25, 0.3) is 0 Å². The lowest BCUT2D eigenvalue weighted by Crippen LogP contribution is -2.56. The molecule has 4 atom stereocenters. The molecule has 0 aromatic carbocycles. The summed E-state index contributed by atoms with van der Waals surface area (Å²) in [6.45, 7) is 9.23. The highest BCUT2D eigenvalue weighted by molar-refractivity contribution is 7.91. The number of β-amino-alcohol motifs (C(OH)–C–C–N with tert-alkyl or cyclic N) is 1. The number of nitrogens with one attached hydrogen (secondary N) is 2. The van der Waals surface area contributed by atoms with Gasteiger partial charge in [-0.1, -0.05) is 26.8 Å². The van der Waals surface area contributed by atoms with Crippen LogP contribution in [-0.4, -0.2) is 65.6 Å². The fourth-order valence-corrected chi connectivity index (χ4v) is 5.14. The number of hydrogen-bond acceptors (Lipinski definition) is 6. The number of sulfonamides is 1. The van der Waals surface area contributed by atoms with Gasteiger partial charge < -0.3 is 15.3 Å². The Labute approximate surface area is 177 Å². The molecule has 3 amide bonds. The molecule has 1 saturated heterocycles. The zero-order valence-electron chi connectivity index (χ0n) is 17.6. The molecule has 3 aliphatic rings. The number of carbonyl (C=O) groups is 3. The molecule has 0 aromatic rings. The standard InChI is InChI=1S/C20H30N3O6S/c1-5-12-9-20(12,18(27)22-30(28,29)14-6-7-14)21-17(26)15-8-13(24)11-23(15)16(25)10-19(2,3)4/h5,10,12-15,24H,1,6-9,11H2,2-4H3,(H,21,26)(H,22,27). The fraction of sp³-hybridized carbons (Fsp3) is 0.700. The van der Waals surface area contributed by atoms with Gasteiger partial charge in [-0.25, -0.2) is 8.42 Å². The van der Waals surface area contributed by atoms with Gasteiger partial charge in [0.1, 0.15) is 11.6 Å². The molecule has 3 N–H and O–H groups in total. The first-order valence-electron chi connectivity index (χ1n) is 10.1. The van der Waals surface area contributed by atoms with Crippen molar-refractivity contribution >= 4 is 27.7 Å². The van der Waals surface area contributed by atoms with E-state index in [9.17, 15) is 27.9 Å². The third-order valence-electron chi connectivity index (χ3n) is 5.67. The number of rotatable bonds is 7. The van der Waals surface area contributed by atoms with Gasteiger partial charge in [0.2, 0.25) is 21.8 Å². The van der Waals surface area contributed by atoms with Crippen molar-refractivity contribution in [2.24, 2.45) is 11.3 Å². The fourth-order valence-electron chi connectivity index (χ4n) is 3.78. The van der Waals surface area contributed by atoms with Crippen LogP contribution in [0.3, 0.4) is 0 Å². The minimum atomic E-state index is -3.76. The molecule has 3 rings (SSSR count). The SMILES string of the molecule is C=CC1CC1(NC(=O)C1CC(O)CN1C(=O)[CH]C(C)(C)C)C(=O)NS(=O)(=O)C1CC1. The maximum Gasteiger partial charge on any atom is 0.259 e. The van der Waals surface area contributed by atoms with E-state index in [2.05, 4.69) is 16.6 Å². The van der Waals surface area contributed by atoms with E-state index in [-0.39, 0.29) is 25.3 Å². The summed E-state index contributed by atoms with van der Waals surface area (Å²) >= 11 is 0. The summed E-state index contributed by atoms with van der Waals surface area (Å²) in [5.41, 5.74) is -1.81. The van der Waals surface area contributed by atoms with Crippen molar-refractivity contribution in [2.45, 2.75) is 69.4 Å². The van der Waals surface area contributed by atoms with Crippen LogP contribution in [0.1, 0.15) is 46.5 Å². The molecule has 30 heavy (non-hydrogen) atoms. The molecule has 10 heteroatoms. The van der Waals surface area contributed by atoms with Gasteiger partial charge in [-0.15, -0.1) is 6.58 Å². The van der Waals surface area contributed by atoms with E-state index in [1.54, 1.807) is 0 Å². The van der Waals surface area contributed by atoms with Gasteiger partial charge in [-0.05, 0) is 24.7 Å². The largest absolute Gasteiger partial charge is 0.391 e. The smallest absolute Gasteiger partial charge is 0.259 e.